The van der Waals surface area contributed by atoms with E-state index in [4.69, 9.17) is 10.2 Å². The summed E-state index contributed by atoms with van der Waals surface area (Å²) in [5.74, 6) is -1.34. The van der Waals surface area contributed by atoms with Crippen LogP contribution in [0.3, 0.4) is 0 Å². The first kappa shape index (κ1) is 16.5. The summed E-state index contributed by atoms with van der Waals surface area (Å²) in [7, 11) is 0. The van der Waals surface area contributed by atoms with Gasteiger partial charge in [0.25, 0.3) is 0 Å². The monoisotopic (exact) mass is 424 g/mol. The van der Waals surface area contributed by atoms with E-state index < -0.39 is 30.1 Å². The third kappa shape index (κ3) is 4.31. The fourth-order valence-corrected chi connectivity index (χ4v) is 3.58. The number of carbonyl (C=O) groups excluding carboxylic acids is 1. The van der Waals surface area contributed by atoms with Gasteiger partial charge in [0.2, 0.25) is 0 Å². The summed E-state index contributed by atoms with van der Waals surface area (Å²) in [6.07, 6.45) is 3.03. The molecule has 4 rings (SSSR count). The van der Waals surface area contributed by atoms with Crippen molar-refractivity contribution in [3.63, 3.8) is 0 Å². The largest absolute Gasteiger partial charge is 0.443 e. The molecular formula is C23H28N6O2. The van der Waals surface area contributed by atoms with Gasteiger partial charge in [0.05, 0.1) is 35.8 Å². The number of carbonyl (C=O) groups is 1. The number of rotatable bonds is 6. The van der Waals surface area contributed by atoms with Crippen LogP contribution in [0.15, 0.2) is 31.0 Å². The second-order valence-electron chi connectivity index (χ2n) is 8.58. The van der Waals surface area contributed by atoms with Crippen LogP contribution in [0.4, 0.5) is 0 Å². The van der Waals surface area contributed by atoms with E-state index in [0.717, 1.165) is 0 Å². The summed E-state index contributed by atoms with van der Waals surface area (Å²) in [5, 5.41) is 14.5. The molecule has 8 nitrogen and oxygen atoms in total. The molecule has 0 bridgehead atoms. The van der Waals surface area contributed by atoms with Gasteiger partial charge in [-0.1, -0.05) is 12.8 Å². The van der Waals surface area contributed by atoms with Crippen molar-refractivity contribution in [3.05, 3.63) is 31.0 Å². The second kappa shape index (κ2) is 8.50. The van der Waals surface area contributed by atoms with Crippen molar-refractivity contribution in [2.45, 2.75) is 65.6 Å². The number of nitriles is 1. The van der Waals surface area contributed by atoms with Gasteiger partial charge in [0, 0.05) is 28.8 Å². The van der Waals surface area contributed by atoms with Crippen LogP contribution in [0.1, 0.15) is 64.3 Å². The average molecular weight is 425 g/mol. The predicted molar refractivity (Wildman–Crippen MR) is 116 cm³/mol. The Morgan fingerprint density at radius 2 is 2.16 bits per heavy atom. The lowest BCUT2D eigenvalue weighted by Gasteiger charge is -2.21. The van der Waals surface area contributed by atoms with E-state index in [1.54, 1.807) is 43.9 Å². The lowest BCUT2D eigenvalue weighted by atomic mass is 9.96. The molecule has 1 aliphatic carbocycles. The van der Waals surface area contributed by atoms with Crippen LogP contribution >= 0.6 is 0 Å². The topological polar surface area (TPSA) is 98.6 Å². The normalized spacial score (nSPS) is 21.0. The van der Waals surface area contributed by atoms with Crippen molar-refractivity contribution >= 4 is 17.0 Å². The lowest BCUT2D eigenvalue weighted by Crippen LogP contribution is -2.23. The predicted octanol–water partition coefficient (Wildman–Crippen LogP) is 4.49. The van der Waals surface area contributed by atoms with E-state index in [9.17, 15) is 10.1 Å². The Bertz CT molecular complexity index is 1270. The minimum Gasteiger partial charge on any atom is -0.443 e. The molecule has 0 spiro atoms. The quantitative estimate of drug-likeness (QED) is 0.541. The van der Waals surface area contributed by atoms with Gasteiger partial charge in [-0.2, -0.15) is 10.4 Å². The SMILES string of the molecule is [2H]C1([2H])CCC([2H])([2H])C1[C@@H](CC#N)n1cc(-c2ncnc3c2ccn3COC(=O)C(C)(C)C)cn1. The van der Waals surface area contributed by atoms with Gasteiger partial charge in [0.1, 0.15) is 12.0 Å². The van der Waals surface area contributed by atoms with Crippen LogP contribution in [-0.4, -0.2) is 30.3 Å². The zero-order chi connectivity index (χ0) is 25.6. The first-order valence-corrected chi connectivity index (χ1v) is 10.2. The highest BCUT2D eigenvalue weighted by Gasteiger charge is 2.27. The number of hydrogen-bond acceptors (Lipinski definition) is 6. The van der Waals surface area contributed by atoms with Crippen LogP contribution < -0.4 is 0 Å². The molecule has 1 aliphatic rings. The molecule has 0 amide bonds. The van der Waals surface area contributed by atoms with Crippen molar-refractivity contribution in [2.75, 3.05) is 0 Å². The summed E-state index contributed by atoms with van der Waals surface area (Å²) in [5.41, 5.74) is 1.16. The van der Waals surface area contributed by atoms with Crippen LogP contribution in [0.2, 0.25) is 0 Å². The second-order valence-corrected chi connectivity index (χ2v) is 8.58. The molecule has 8 heteroatoms. The van der Waals surface area contributed by atoms with E-state index in [2.05, 4.69) is 21.1 Å². The maximum atomic E-state index is 12.1. The molecule has 0 aromatic carbocycles. The smallest absolute Gasteiger partial charge is 0.312 e. The number of esters is 1. The highest BCUT2D eigenvalue weighted by Crippen LogP contribution is 2.36. The van der Waals surface area contributed by atoms with Crippen molar-refractivity contribution in [3.8, 4) is 17.3 Å². The maximum absolute atomic E-state index is 12.1. The zero-order valence-corrected chi connectivity index (χ0v) is 17.9. The standard InChI is InChI=1S/C23H28N6O2/c1-23(2,3)22(30)31-15-28-11-9-18-20(25-14-26-21(18)28)17-12-27-29(13-17)19(8-10-24)16-6-4-5-7-16/h9,11-14,16,19H,4-8,15H2,1-3H3/t19-/m1/s1/i6D2,7D2. The maximum Gasteiger partial charge on any atom is 0.312 e. The Hall–Kier alpha value is -3.21. The fraction of sp³-hybridized carbons (Fsp3) is 0.522. The molecule has 162 valence electrons. The van der Waals surface area contributed by atoms with Gasteiger partial charge in [-0.15, -0.1) is 0 Å². The Kier molecular flexibility index (Phi) is 4.52. The van der Waals surface area contributed by atoms with Crippen molar-refractivity contribution in [1.82, 2.24) is 24.3 Å². The summed E-state index contributed by atoms with van der Waals surface area (Å²) < 4.78 is 42.1. The summed E-state index contributed by atoms with van der Waals surface area (Å²) >= 11 is 0. The molecule has 3 aromatic heterocycles. The van der Waals surface area contributed by atoms with E-state index in [0.29, 0.717) is 22.3 Å². The van der Waals surface area contributed by atoms with Gasteiger partial charge in [0.15, 0.2) is 6.73 Å². The van der Waals surface area contributed by atoms with Gasteiger partial charge in [-0.05, 0) is 45.5 Å². The summed E-state index contributed by atoms with van der Waals surface area (Å²) in [6, 6.07) is 3.12. The Morgan fingerprint density at radius 1 is 1.39 bits per heavy atom. The lowest BCUT2D eigenvalue weighted by molar-refractivity contribution is -0.156. The number of ether oxygens (including phenoxy) is 1. The van der Waals surface area contributed by atoms with E-state index in [-0.39, 0.29) is 32.0 Å². The van der Waals surface area contributed by atoms with Crippen molar-refractivity contribution < 1.29 is 15.0 Å². The van der Waals surface area contributed by atoms with Crippen LogP contribution in [0.25, 0.3) is 22.3 Å². The minimum atomic E-state index is -1.75. The molecule has 1 atom stereocenters. The van der Waals surface area contributed by atoms with Gasteiger partial charge < -0.3 is 4.74 Å². The first-order chi connectivity index (χ1) is 16.3. The third-order valence-electron chi connectivity index (χ3n) is 5.26. The molecule has 1 saturated carbocycles. The molecule has 0 radical (unpaired) electrons. The molecule has 3 aromatic rings. The highest BCUT2D eigenvalue weighted by atomic mass is 16.5. The highest BCUT2D eigenvalue weighted by molar-refractivity contribution is 5.90. The van der Waals surface area contributed by atoms with E-state index in [1.165, 1.54) is 11.0 Å². The van der Waals surface area contributed by atoms with Crippen LogP contribution in [0, 0.1) is 22.7 Å². The van der Waals surface area contributed by atoms with Crippen molar-refractivity contribution in [2.24, 2.45) is 11.3 Å². The minimum absolute atomic E-state index is 0.00536. The summed E-state index contributed by atoms with van der Waals surface area (Å²) in [4.78, 5) is 20.9. The number of nitrogens with zero attached hydrogens (tertiary/aromatic N) is 6. The van der Waals surface area contributed by atoms with Gasteiger partial charge >= 0.3 is 5.97 Å². The zero-order valence-electron chi connectivity index (χ0n) is 21.9. The Balaban J connectivity index is 1.66. The van der Waals surface area contributed by atoms with E-state index >= 15 is 0 Å². The fourth-order valence-electron chi connectivity index (χ4n) is 3.58. The number of hydrogen-bond donors (Lipinski definition) is 0. The average Bonchev–Trinajstić information content (AvgIpc) is 3.47. The Morgan fingerprint density at radius 3 is 2.87 bits per heavy atom. The molecule has 31 heavy (non-hydrogen) atoms. The van der Waals surface area contributed by atoms with Gasteiger partial charge in [-0.3, -0.25) is 14.0 Å². The molecule has 3 heterocycles. The third-order valence-corrected chi connectivity index (χ3v) is 5.26. The van der Waals surface area contributed by atoms with Crippen LogP contribution in [0.5, 0.6) is 0 Å². The first-order valence-electron chi connectivity index (χ1n) is 12.2. The molecule has 0 unspecified atom stereocenters. The molecule has 1 fully saturated rings. The van der Waals surface area contributed by atoms with E-state index in [1.807, 2.05) is 6.07 Å². The molecular weight excluding hydrogens is 392 g/mol. The number of aromatic nitrogens is 5. The van der Waals surface area contributed by atoms with Gasteiger partial charge in [-0.25, -0.2) is 9.97 Å². The summed E-state index contributed by atoms with van der Waals surface area (Å²) in [6.45, 7) is 5.35. The van der Waals surface area contributed by atoms with Crippen LogP contribution in [-0.2, 0) is 16.3 Å². The van der Waals surface area contributed by atoms with Crippen molar-refractivity contribution in [1.29, 1.82) is 5.26 Å². The Labute approximate surface area is 187 Å². The number of fused-ring (bicyclic) bond motifs is 1. The molecule has 0 aliphatic heterocycles. The molecule has 0 N–H and O–H groups in total. The molecule has 0 saturated heterocycles.